The molecule has 108 valence electrons. The van der Waals surface area contributed by atoms with Crippen molar-refractivity contribution in [2.24, 2.45) is 0 Å². The second-order valence-corrected chi connectivity index (χ2v) is 5.43. The van der Waals surface area contributed by atoms with Crippen molar-refractivity contribution in [2.45, 2.75) is 32.0 Å². The molecule has 1 aromatic rings. The van der Waals surface area contributed by atoms with E-state index in [-0.39, 0.29) is 12.0 Å². The van der Waals surface area contributed by atoms with Gasteiger partial charge < -0.3 is 20.9 Å². The summed E-state index contributed by atoms with van der Waals surface area (Å²) in [6.45, 7) is 3.05. The number of carbonyl (C=O) groups is 1. The van der Waals surface area contributed by atoms with E-state index in [0.717, 1.165) is 37.2 Å². The summed E-state index contributed by atoms with van der Waals surface area (Å²) in [6, 6.07) is 0.386. The van der Waals surface area contributed by atoms with Crippen molar-refractivity contribution in [2.75, 3.05) is 25.9 Å². The highest BCUT2D eigenvalue weighted by Gasteiger charge is 2.30. The maximum Gasteiger partial charge on any atom is 0.320 e. The first-order chi connectivity index (χ1) is 9.65. The van der Waals surface area contributed by atoms with E-state index in [1.807, 2.05) is 11.9 Å². The first-order valence-corrected chi connectivity index (χ1v) is 6.98. The third-order valence-electron chi connectivity index (χ3n) is 4.10. The van der Waals surface area contributed by atoms with Crippen molar-refractivity contribution in [1.29, 1.82) is 0 Å². The molecule has 0 aliphatic carbocycles. The molecule has 2 aliphatic rings. The summed E-state index contributed by atoms with van der Waals surface area (Å²) < 4.78 is 0. The summed E-state index contributed by atoms with van der Waals surface area (Å²) in [5, 5.41) is 3.31. The highest BCUT2D eigenvalue weighted by molar-refractivity contribution is 5.75. The van der Waals surface area contributed by atoms with Crippen molar-refractivity contribution in [1.82, 2.24) is 25.1 Å². The Hall–Kier alpha value is -1.89. The summed E-state index contributed by atoms with van der Waals surface area (Å²) in [7, 11) is 1.89. The Morgan fingerprint density at radius 3 is 2.95 bits per heavy atom. The number of aromatic nitrogens is 2. The number of hydrogen-bond acceptors (Lipinski definition) is 5. The van der Waals surface area contributed by atoms with Crippen molar-refractivity contribution in [3.05, 3.63) is 17.5 Å². The SMILES string of the molecule is CN(C(=O)N1Cc2cnc(N)nc2C1)C1CCNCC1. The maximum absolute atomic E-state index is 12.6. The van der Waals surface area contributed by atoms with Crippen LogP contribution in [-0.4, -0.2) is 52.0 Å². The van der Waals surface area contributed by atoms with E-state index in [0.29, 0.717) is 19.1 Å². The molecule has 3 rings (SSSR count). The summed E-state index contributed by atoms with van der Waals surface area (Å²) in [5.41, 5.74) is 7.44. The predicted octanol–water partition coefficient (Wildman–Crippen LogP) is 0.178. The molecule has 0 aromatic carbocycles. The molecule has 0 radical (unpaired) electrons. The topological polar surface area (TPSA) is 87.4 Å². The Bertz CT molecular complexity index is 514. The van der Waals surface area contributed by atoms with Gasteiger partial charge in [-0.05, 0) is 25.9 Å². The quantitative estimate of drug-likeness (QED) is 0.764. The Morgan fingerprint density at radius 2 is 2.20 bits per heavy atom. The van der Waals surface area contributed by atoms with Gasteiger partial charge in [0.05, 0.1) is 18.8 Å². The lowest BCUT2D eigenvalue weighted by molar-refractivity contribution is 0.136. The number of rotatable bonds is 1. The fraction of sp³-hybridized carbons (Fsp3) is 0.615. The monoisotopic (exact) mass is 276 g/mol. The third kappa shape index (κ3) is 2.40. The van der Waals surface area contributed by atoms with Crippen LogP contribution in [0, 0.1) is 0 Å². The number of nitrogens with two attached hydrogens (primary N) is 1. The van der Waals surface area contributed by atoms with Gasteiger partial charge in [0.1, 0.15) is 0 Å². The zero-order chi connectivity index (χ0) is 14.1. The lowest BCUT2D eigenvalue weighted by atomic mass is 10.1. The first-order valence-electron chi connectivity index (χ1n) is 6.98. The van der Waals surface area contributed by atoms with Crippen LogP contribution >= 0.6 is 0 Å². The zero-order valence-corrected chi connectivity index (χ0v) is 11.7. The minimum absolute atomic E-state index is 0.0634. The molecule has 0 unspecified atom stereocenters. The number of nitrogens with zero attached hydrogens (tertiary/aromatic N) is 4. The highest BCUT2D eigenvalue weighted by atomic mass is 16.2. The number of anilines is 1. The molecule has 0 atom stereocenters. The van der Waals surface area contributed by atoms with E-state index in [4.69, 9.17) is 5.73 Å². The Kier molecular flexibility index (Phi) is 3.43. The average molecular weight is 276 g/mol. The van der Waals surface area contributed by atoms with E-state index >= 15 is 0 Å². The van der Waals surface area contributed by atoms with Crippen LogP contribution in [0.1, 0.15) is 24.1 Å². The number of carbonyl (C=O) groups excluding carboxylic acids is 1. The first kappa shape index (κ1) is 13.1. The molecule has 2 amide bonds. The summed E-state index contributed by atoms with van der Waals surface area (Å²) in [5.74, 6) is 0.268. The Balaban J connectivity index is 1.67. The van der Waals surface area contributed by atoms with Crippen LogP contribution in [-0.2, 0) is 13.1 Å². The lowest BCUT2D eigenvalue weighted by Gasteiger charge is -2.34. The Labute approximate surface area is 118 Å². The van der Waals surface area contributed by atoms with Crippen molar-refractivity contribution in [3.8, 4) is 0 Å². The molecule has 7 heteroatoms. The molecular formula is C13H20N6O. The van der Waals surface area contributed by atoms with Crippen molar-refractivity contribution < 1.29 is 4.79 Å². The fourth-order valence-electron chi connectivity index (χ4n) is 2.88. The molecule has 1 fully saturated rings. The number of hydrogen-bond donors (Lipinski definition) is 2. The molecular weight excluding hydrogens is 256 g/mol. The van der Waals surface area contributed by atoms with Gasteiger partial charge in [-0.2, -0.15) is 0 Å². The Morgan fingerprint density at radius 1 is 1.45 bits per heavy atom. The van der Waals surface area contributed by atoms with Gasteiger partial charge in [-0.1, -0.05) is 0 Å². The van der Waals surface area contributed by atoms with Gasteiger partial charge in [-0.15, -0.1) is 0 Å². The molecule has 1 saturated heterocycles. The molecule has 0 saturated carbocycles. The minimum atomic E-state index is 0.0634. The van der Waals surface area contributed by atoms with Gasteiger partial charge in [0, 0.05) is 24.8 Å². The largest absolute Gasteiger partial charge is 0.368 e. The van der Waals surface area contributed by atoms with Crippen LogP contribution in [0.15, 0.2) is 6.20 Å². The smallest absolute Gasteiger partial charge is 0.320 e. The molecule has 7 nitrogen and oxygen atoms in total. The number of amides is 2. The number of urea groups is 1. The second kappa shape index (κ2) is 5.24. The molecule has 3 N–H and O–H groups in total. The van der Waals surface area contributed by atoms with Crippen LogP contribution in [0.4, 0.5) is 10.7 Å². The summed E-state index contributed by atoms with van der Waals surface area (Å²) >= 11 is 0. The zero-order valence-electron chi connectivity index (χ0n) is 11.7. The molecule has 3 heterocycles. The summed E-state index contributed by atoms with van der Waals surface area (Å²) in [6.07, 6.45) is 3.74. The number of fused-ring (bicyclic) bond motifs is 1. The van der Waals surface area contributed by atoms with E-state index in [2.05, 4.69) is 15.3 Å². The van der Waals surface area contributed by atoms with Gasteiger partial charge in [0.25, 0.3) is 0 Å². The van der Waals surface area contributed by atoms with Crippen molar-refractivity contribution in [3.63, 3.8) is 0 Å². The van der Waals surface area contributed by atoms with Gasteiger partial charge in [0.2, 0.25) is 5.95 Å². The maximum atomic E-state index is 12.6. The number of nitrogen functional groups attached to an aromatic ring is 1. The fourth-order valence-corrected chi connectivity index (χ4v) is 2.88. The normalized spacial score (nSPS) is 18.9. The summed E-state index contributed by atoms with van der Waals surface area (Å²) in [4.78, 5) is 24.4. The predicted molar refractivity (Wildman–Crippen MR) is 74.7 cm³/mol. The van der Waals surface area contributed by atoms with E-state index in [9.17, 15) is 4.79 Å². The minimum Gasteiger partial charge on any atom is -0.368 e. The van der Waals surface area contributed by atoms with E-state index in [1.165, 1.54) is 0 Å². The van der Waals surface area contributed by atoms with Gasteiger partial charge >= 0.3 is 6.03 Å². The molecule has 20 heavy (non-hydrogen) atoms. The molecule has 0 bridgehead atoms. The van der Waals surface area contributed by atoms with Crippen LogP contribution in [0.2, 0.25) is 0 Å². The standard InChI is InChI=1S/C13H20N6O/c1-18(10-2-4-15-5-3-10)13(20)19-7-9-6-16-12(14)17-11(9)8-19/h6,10,15H,2-5,7-8H2,1H3,(H2,14,16,17). The van der Waals surface area contributed by atoms with Gasteiger partial charge in [0.15, 0.2) is 0 Å². The number of nitrogens with one attached hydrogen (secondary N) is 1. The van der Waals surface area contributed by atoms with Crippen LogP contribution in [0.3, 0.4) is 0 Å². The van der Waals surface area contributed by atoms with Gasteiger partial charge in [-0.25, -0.2) is 14.8 Å². The van der Waals surface area contributed by atoms with Crippen LogP contribution in [0.25, 0.3) is 0 Å². The second-order valence-electron chi connectivity index (χ2n) is 5.43. The molecule has 0 spiro atoms. The lowest BCUT2D eigenvalue weighted by Crippen LogP contribution is -2.48. The van der Waals surface area contributed by atoms with Crippen LogP contribution < -0.4 is 11.1 Å². The highest BCUT2D eigenvalue weighted by Crippen LogP contribution is 2.23. The molecule has 2 aliphatic heterocycles. The number of piperidine rings is 1. The van der Waals surface area contributed by atoms with E-state index in [1.54, 1.807) is 11.1 Å². The van der Waals surface area contributed by atoms with Gasteiger partial charge in [-0.3, -0.25) is 0 Å². The third-order valence-corrected chi connectivity index (χ3v) is 4.10. The average Bonchev–Trinajstić information content (AvgIpc) is 2.89. The molecule has 1 aromatic heterocycles. The van der Waals surface area contributed by atoms with Crippen LogP contribution in [0.5, 0.6) is 0 Å². The van der Waals surface area contributed by atoms with E-state index < -0.39 is 0 Å². The van der Waals surface area contributed by atoms with Crippen molar-refractivity contribution >= 4 is 12.0 Å².